The molecule has 0 unspecified atom stereocenters. The number of aryl methyl sites for hydroxylation is 1. The number of hydrogen-bond acceptors (Lipinski definition) is 2. The van der Waals surface area contributed by atoms with Gasteiger partial charge in [0.05, 0.1) is 16.1 Å². The predicted molar refractivity (Wildman–Crippen MR) is 87.6 cm³/mol. The lowest BCUT2D eigenvalue weighted by Gasteiger charge is -2.12. The van der Waals surface area contributed by atoms with Crippen molar-refractivity contribution in [2.24, 2.45) is 0 Å². The van der Waals surface area contributed by atoms with E-state index in [9.17, 15) is 0 Å². The summed E-state index contributed by atoms with van der Waals surface area (Å²) < 4.78 is 2.27. The van der Waals surface area contributed by atoms with Crippen molar-refractivity contribution in [3.05, 3.63) is 47.0 Å². The molecule has 21 heavy (non-hydrogen) atoms. The molecule has 1 aliphatic rings. The van der Waals surface area contributed by atoms with Gasteiger partial charge < -0.3 is 10.3 Å². The van der Waals surface area contributed by atoms with Gasteiger partial charge in [-0.1, -0.05) is 29.8 Å². The first kappa shape index (κ1) is 12.7. The van der Waals surface area contributed by atoms with Gasteiger partial charge in [0.1, 0.15) is 5.82 Å². The van der Waals surface area contributed by atoms with Crippen LogP contribution in [0, 0.1) is 6.92 Å². The number of anilines is 1. The van der Waals surface area contributed by atoms with Crippen molar-refractivity contribution in [1.29, 1.82) is 0 Å². The number of fused-ring (bicyclic) bond motifs is 1. The van der Waals surface area contributed by atoms with Crippen LogP contribution in [0.3, 0.4) is 0 Å². The van der Waals surface area contributed by atoms with Gasteiger partial charge >= 0.3 is 0 Å². The summed E-state index contributed by atoms with van der Waals surface area (Å²) in [5.74, 6) is 0.941. The summed E-state index contributed by atoms with van der Waals surface area (Å²) in [6.07, 6.45) is 2.35. The van der Waals surface area contributed by atoms with Crippen molar-refractivity contribution in [3.63, 3.8) is 0 Å². The minimum atomic E-state index is 0.490. The number of rotatable bonds is 2. The summed E-state index contributed by atoms with van der Waals surface area (Å²) >= 11 is 6.42. The highest BCUT2D eigenvalue weighted by Gasteiger charge is 2.30. The average Bonchev–Trinajstić information content (AvgIpc) is 3.20. The van der Waals surface area contributed by atoms with E-state index < -0.39 is 0 Å². The number of para-hydroxylation sites is 1. The van der Waals surface area contributed by atoms with Crippen LogP contribution < -0.4 is 5.73 Å². The molecule has 0 radical (unpaired) electrons. The maximum Gasteiger partial charge on any atom is 0.143 e. The first-order valence-electron chi connectivity index (χ1n) is 7.18. The maximum atomic E-state index is 6.42. The van der Waals surface area contributed by atoms with E-state index in [1.54, 1.807) is 0 Å². The summed E-state index contributed by atoms with van der Waals surface area (Å²) in [6.45, 7) is 2.07. The lowest BCUT2D eigenvalue weighted by atomic mass is 10.1. The van der Waals surface area contributed by atoms with Crippen molar-refractivity contribution >= 4 is 28.3 Å². The molecule has 106 valence electrons. The molecule has 3 aromatic rings. The van der Waals surface area contributed by atoms with E-state index in [1.807, 2.05) is 30.3 Å². The number of aromatic nitrogens is 2. The Labute approximate surface area is 128 Å². The molecular formula is C17H16ClN3. The van der Waals surface area contributed by atoms with Crippen LogP contribution in [-0.4, -0.2) is 9.55 Å². The summed E-state index contributed by atoms with van der Waals surface area (Å²) in [7, 11) is 0. The number of nitrogens with zero attached hydrogens (tertiary/aromatic N) is 2. The van der Waals surface area contributed by atoms with Crippen LogP contribution in [0.1, 0.15) is 24.4 Å². The number of halogens is 1. The maximum absolute atomic E-state index is 6.42. The Morgan fingerprint density at radius 1 is 1.19 bits per heavy atom. The largest absolute Gasteiger partial charge is 0.398 e. The fourth-order valence-electron chi connectivity index (χ4n) is 2.97. The molecule has 0 aliphatic heterocycles. The molecule has 0 saturated heterocycles. The Morgan fingerprint density at radius 3 is 2.67 bits per heavy atom. The second-order valence-electron chi connectivity index (χ2n) is 5.68. The Morgan fingerprint density at radius 2 is 1.95 bits per heavy atom. The molecule has 1 aromatic heterocycles. The molecule has 2 aromatic carbocycles. The molecule has 3 nitrogen and oxygen atoms in total. The van der Waals surface area contributed by atoms with Crippen LogP contribution in [0.4, 0.5) is 5.69 Å². The number of nitrogen functional groups attached to an aromatic ring is 1. The molecule has 4 heteroatoms. The number of nitrogens with two attached hydrogens (primary N) is 1. The normalized spacial score (nSPS) is 14.8. The number of hydrogen-bond donors (Lipinski definition) is 1. The summed E-state index contributed by atoms with van der Waals surface area (Å²) in [4.78, 5) is 4.83. The van der Waals surface area contributed by atoms with E-state index in [0.717, 1.165) is 38.7 Å². The van der Waals surface area contributed by atoms with Gasteiger partial charge in [0.2, 0.25) is 0 Å². The summed E-state index contributed by atoms with van der Waals surface area (Å²) in [5.41, 5.74) is 11.1. The van der Waals surface area contributed by atoms with E-state index in [1.165, 1.54) is 12.8 Å². The van der Waals surface area contributed by atoms with Crippen molar-refractivity contribution < 1.29 is 0 Å². The minimum Gasteiger partial charge on any atom is -0.398 e. The molecule has 1 heterocycles. The molecular weight excluding hydrogens is 282 g/mol. The number of imidazole rings is 1. The average molecular weight is 298 g/mol. The van der Waals surface area contributed by atoms with Crippen molar-refractivity contribution in [1.82, 2.24) is 9.55 Å². The van der Waals surface area contributed by atoms with E-state index in [4.69, 9.17) is 22.3 Å². The highest BCUT2D eigenvalue weighted by atomic mass is 35.5. The highest BCUT2D eigenvalue weighted by Crippen LogP contribution is 2.44. The van der Waals surface area contributed by atoms with E-state index in [-0.39, 0.29) is 0 Å². The molecule has 1 saturated carbocycles. The third kappa shape index (κ3) is 1.92. The van der Waals surface area contributed by atoms with Crippen LogP contribution in [0.25, 0.3) is 22.4 Å². The van der Waals surface area contributed by atoms with Gasteiger partial charge in [-0.2, -0.15) is 0 Å². The third-order valence-corrected chi connectivity index (χ3v) is 4.41. The zero-order valence-electron chi connectivity index (χ0n) is 11.8. The SMILES string of the molecule is Cc1cccc(N)c1-c1nc2cccc(Cl)c2n1C1CC1. The van der Waals surface area contributed by atoms with Crippen molar-refractivity contribution in [2.75, 3.05) is 5.73 Å². The van der Waals surface area contributed by atoms with Gasteiger partial charge in [0, 0.05) is 17.3 Å². The third-order valence-electron chi connectivity index (χ3n) is 4.10. The van der Waals surface area contributed by atoms with E-state index >= 15 is 0 Å². The summed E-state index contributed by atoms with van der Waals surface area (Å²) in [5, 5.41) is 0.755. The van der Waals surface area contributed by atoms with Crippen LogP contribution in [0.5, 0.6) is 0 Å². The Kier molecular flexibility index (Phi) is 2.73. The van der Waals surface area contributed by atoms with Gasteiger partial charge in [-0.3, -0.25) is 0 Å². The lowest BCUT2D eigenvalue weighted by Crippen LogP contribution is -2.01. The zero-order valence-corrected chi connectivity index (χ0v) is 12.6. The van der Waals surface area contributed by atoms with Crippen molar-refractivity contribution in [2.45, 2.75) is 25.8 Å². The monoisotopic (exact) mass is 297 g/mol. The molecule has 1 fully saturated rings. The smallest absolute Gasteiger partial charge is 0.143 e. The van der Waals surface area contributed by atoms with Gasteiger partial charge in [0.25, 0.3) is 0 Å². The fraction of sp³-hybridized carbons (Fsp3) is 0.235. The molecule has 2 N–H and O–H groups in total. The van der Waals surface area contributed by atoms with Crippen LogP contribution >= 0.6 is 11.6 Å². The van der Waals surface area contributed by atoms with Crippen LogP contribution in [0.2, 0.25) is 5.02 Å². The molecule has 1 aliphatic carbocycles. The first-order valence-corrected chi connectivity index (χ1v) is 7.56. The van der Waals surface area contributed by atoms with E-state index in [2.05, 4.69) is 17.6 Å². The second-order valence-corrected chi connectivity index (χ2v) is 6.09. The van der Waals surface area contributed by atoms with Gasteiger partial charge in [-0.05, 0) is 43.5 Å². The molecule has 0 bridgehead atoms. The Bertz CT molecular complexity index is 826. The summed E-state index contributed by atoms with van der Waals surface area (Å²) in [6, 6.07) is 12.4. The Balaban J connectivity index is 2.10. The molecule has 0 atom stereocenters. The van der Waals surface area contributed by atoms with Crippen molar-refractivity contribution in [3.8, 4) is 11.4 Å². The lowest BCUT2D eigenvalue weighted by molar-refractivity contribution is 0.775. The second kappa shape index (κ2) is 4.50. The molecule has 0 amide bonds. The van der Waals surface area contributed by atoms with Gasteiger partial charge in [0.15, 0.2) is 0 Å². The van der Waals surface area contributed by atoms with Gasteiger partial charge in [-0.15, -0.1) is 0 Å². The first-order chi connectivity index (χ1) is 10.2. The highest BCUT2D eigenvalue weighted by molar-refractivity contribution is 6.35. The van der Waals surface area contributed by atoms with E-state index in [0.29, 0.717) is 6.04 Å². The quantitative estimate of drug-likeness (QED) is 0.703. The predicted octanol–water partition coefficient (Wildman–Crippen LogP) is 4.58. The van der Waals surface area contributed by atoms with Crippen LogP contribution in [0.15, 0.2) is 36.4 Å². The molecule has 0 spiro atoms. The topological polar surface area (TPSA) is 43.8 Å². The number of benzene rings is 2. The molecule has 4 rings (SSSR count). The Hall–Kier alpha value is -2.00. The van der Waals surface area contributed by atoms with Crippen LogP contribution in [-0.2, 0) is 0 Å². The minimum absolute atomic E-state index is 0.490. The fourth-order valence-corrected chi connectivity index (χ4v) is 3.23. The zero-order chi connectivity index (χ0) is 14.6. The van der Waals surface area contributed by atoms with Gasteiger partial charge in [-0.25, -0.2) is 4.98 Å². The standard InChI is InChI=1S/C17H16ClN3/c1-10-4-2-6-13(19)15(10)17-20-14-7-3-5-12(18)16(14)21(17)11-8-9-11/h2-7,11H,8-9,19H2,1H3.